The molecule has 3 rings (SSSR count). The van der Waals surface area contributed by atoms with Crippen LogP contribution in [0.25, 0.3) is 0 Å². The quantitative estimate of drug-likeness (QED) is 0.296. The third kappa shape index (κ3) is 6.40. The first-order valence-electron chi connectivity index (χ1n) is 10.1. The van der Waals surface area contributed by atoms with Crippen LogP contribution in [0, 0.1) is 12.7 Å². The topological polar surface area (TPSA) is 83.3 Å². The molecule has 1 amide bonds. The average Bonchev–Trinajstić information content (AvgIpc) is 3.29. The summed E-state index contributed by atoms with van der Waals surface area (Å²) in [5.41, 5.74) is 3.14. The molecule has 0 saturated heterocycles. The van der Waals surface area contributed by atoms with Crippen molar-refractivity contribution in [3.05, 3.63) is 89.0 Å². The van der Waals surface area contributed by atoms with Crippen molar-refractivity contribution in [2.75, 3.05) is 20.1 Å². The molecule has 8 heteroatoms. The molecule has 0 radical (unpaired) electrons. The largest absolute Gasteiger partial charge is 0.355 e. The number of guanidine groups is 1. The van der Waals surface area contributed by atoms with Gasteiger partial charge in [-0.05, 0) is 41.8 Å². The molecule has 162 valence electrons. The zero-order valence-electron chi connectivity index (χ0n) is 17.7. The number of halogens is 1. The van der Waals surface area contributed by atoms with E-state index in [2.05, 4.69) is 38.2 Å². The number of amides is 1. The van der Waals surface area contributed by atoms with Crippen LogP contribution in [0.2, 0.25) is 0 Å². The van der Waals surface area contributed by atoms with Crippen LogP contribution >= 0.6 is 0 Å². The molecule has 0 aliphatic carbocycles. The Hall–Kier alpha value is -3.68. The highest BCUT2D eigenvalue weighted by molar-refractivity contribution is 5.94. The van der Waals surface area contributed by atoms with E-state index in [9.17, 15) is 9.18 Å². The van der Waals surface area contributed by atoms with Crippen molar-refractivity contribution in [2.45, 2.75) is 20.0 Å². The van der Waals surface area contributed by atoms with E-state index in [1.807, 2.05) is 29.1 Å². The van der Waals surface area contributed by atoms with Crippen molar-refractivity contribution in [3.63, 3.8) is 0 Å². The summed E-state index contributed by atoms with van der Waals surface area (Å²) in [6.45, 7) is 3.82. The molecule has 0 bridgehead atoms. The van der Waals surface area contributed by atoms with Gasteiger partial charge < -0.3 is 16.0 Å². The van der Waals surface area contributed by atoms with E-state index >= 15 is 0 Å². The van der Waals surface area contributed by atoms with Crippen LogP contribution in [0.5, 0.6) is 0 Å². The Labute approximate surface area is 181 Å². The van der Waals surface area contributed by atoms with Crippen LogP contribution in [-0.2, 0) is 13.1 Å². The SMILES string of the molecule is CN=C(NCCNC(=O)c1ccc(C)c(F)c1)NCc1ccccc1Cn1cccn1. The molecule has 0 unspecified atom stereocenters. The maximum Gasteiger partial charge on any atom is 0.251 e. The highest BCUT2D eigenvalue weighted by Crippen LogP contribution is 2.10. The fraction of sp³-hybridized carbons (Fsp3) is 0.261. The number of carbonyl (C=O) groups excluding carboxylic acids is 1. The first-order chi connectivity index (χ1) is 15.1. The average molecular weight is 423 g/mol. The van der Waals surface area contributed by atoms with Gasteiger partial charge in [-0.1, -0.05) is 30.3 Å². The Morgan fingerprint density at radius 3 is 2.55 bits per heavy atom. The van der Waals surface area contributed by atoms with Gasteiger partial charge in [0.05, 0.1) is 6.54 Å². The molecule has 1 aromatic heterocycles. The van der Waals surface area contributed by atoms with Crippen LogP contribution in [0.4, 0.5) is 4.39 Å². The van der Waals surface area contributed by atoms with Gasteiger partial charge in [-0.25, -0.2) is 4.39 Å². The molecule has 7 nitrogen and oxygen atoms in total. The second-order valence-corrected chi connectivity index (χ2v) is 7.04. The van der Waals surface area contributed by atoms with Gasteiger partial charge in [-0.2, -0.15) is 5.10 Å². The summed E-state index contributed by atoms with van der Waals surface area (Å²) in [6, 6.07) is 14.5. The number of aliphatic imine (C=N–C) groups is 1. The standard InChI is InChI=1S/C23H27FN6O/c1-17-8-9-18(14-21(17)24)22(31)26-11-12-27-23(25-2)28-15-19-6-3-4-7-20(19)16-30-13-5-10-29-30/h3-10,13-14H,11-12,15-16H2,1-2H3,(H,26,31)(H2,25,27,28). The number of aryl methyl sites for hydroxylation is 1. The highest BCUT2D eigenvalue weighted by atomic mass is 19.1. The third-order valence-corrected chi connectivity index (χ3v) is 4.82. The first kappa shape index (κ1) is 22.0. The van der Waals surface area contributed by atoms with Crippen molar-refractivity contribution in [1.82, 2.24) is 25.7 Å². The van der Waals surface area contributed by atoms with Gasteiger partial charge in [-0.3, -0.25) is 14.5 Å². The lowest BCUT2D eigenvalue weighted by molar-refractivity contribution is 0.0954. The molecule has 0 saturated carbocycles. The van der Waals surface area contributed by atoms with Crippen LogP contribution in [0.15, 0.2) is 65.9 Å². The lowest BCUT2D eigenvalue weighted by Crippen LogP contribution is -2.41. The Morgan fingerprint density at radius 1 is 1.06 bits per heavy atom. The number of aromatic nitrogens is 2. The van der Waals surface area contributed by atoms with Crippen LogP contribution < -0.4 is 16.0 Å². The van der Waals surface area contributed by atoms with E-state index in [1.165, 1.54) is 11.6 Å². The van der Waals surface area contributed by atoms with Gasteiger partial charge in [-0.15, -0.1) is 0 Å². The Morgan fingerprint density at radius 2 is 1.84 bits per heavy atom. The molecule has 0 atom stereocenters. The number of benzene rings is 2. The second-order valence-electron chi connectivity index (χ2n) is 7.04. The van der Waals surface area contributed by atoms with E-state index in [0.717, 1.165) is 5.56 Å². The molecule has 0 aliphatic heterocycles. The highest BCUT2D eigenvalue weighted by Gasteiger charge is 2.08. The summed E-state index contributed by atoms with van der Waals surface area (Å²) in [4.78, 5) is 16.4. The van der Waals surface area contributed by atoms with Crippen molar-refractivity contribution in [2.24, 2.45) is 4.99 Å². The van der Waals surface area contributed by atoms with Crippen LogP contribution in [-0.4, -0.2) is 41.8 Å². The summed E-state index contributed by atoms with van der Waals surface area (Å²) in [5.74, 6) is -0.0658. The number of rotatable bonds is 8. The van der Waals surface area contributed by atoms with E-state index in [4.69, 9.17) is 0 Å². The minimum Gasteiger partial charge on any atom is -0.355 e. The summed E-state index contributed by atoms with van der Waals surface area (Å²) < 4.78 is 15.5. The number of carbonyl (C=O) groups is 1. The number of hydrogen-bond donors (Lipinski definition) is 3. The lowest BCUT2D eigenvalue weighted by Gasteiger charge is -2.15. The molecule has 0 spiro atoms. The van der Waals surface area contributed by atoms with Crippen molar-refractivity contribution in [1.29, 1.82) is 0 Å². The van der Waals surface area contributed by atoms with Crippen molar-refractivity contribution in [3.8, 4) is 0 Å². The summed E-state index contributed by atoms with van der Waals surface area (Å²) in [5, 5.41) is 13.5. The molecule has 0 fully saturated rings. The number of hydrogen-bond acceptors (Lipinski definition) is 3. The molecular weight excluding hydrogens is 395 g/mol. The normalized spacial score (nSPS) is 11.3. The maximum absolute atomic E-state index is 13.6. The summed E-state index contributed by atoms with van der Waals surface area (Å²) in [7, 11) is 1.69. The Bertz CT molecular complexity index is 1030. The van der Waals surface area contributed by atoms with Gasteiger partial charge >= 0.3 is 0 Å². The molecule has 3 aromatic rings. The minimum absolute atomic E-state index is 0.305. The molecule has 2 aromatic carbocycles. The monoisotopic (exact) mass is 422 g/mol. The molecular formula is C23H27FN6O. The van der Waals surface area contributed by atoms with Crippen molar-refractivity contribution < 1.29 is 9.18 Å². The fourth-order valence-electron chi connectivity index (χ4n) is 3.05. The summed E-state index contributed by atoms with van der Waals surface area (Å²) in [6.07, 6.45) is 3.70. The van der Waals surface area contributed by atoms with E-state index in [0.29, 0.717) is 43.3 Å². The predicted octanol–water partition coefficient (Wildman–Crippen LogP) is 2.47. The van der Waals surface area contributed by atoms with E-state index in [1.54, 1.807) is 32.3 Å². The Balaban J connectivity index is 1.45. The molecule has 1 heterocycles. The second kappa shape index (κ2) is 10.9. The zero-order chi connectivity index (χ0) is 22.1. The molecule has 3 N–H and O–H groups in total. The van der Waals surface area contributed by atoms with Crippen LogP contribution in [0.3, 0.4) is 0 Å². The minimum atomic E-state index is -0.386. The zero-order valence-corrected chi connectivity index (χ0v) is 17.7. The molecule has 31 heavy (non-hydrogen) atoms. The van der Waals surface area contributed by atoms with Crippen molar-refractivity contribution >= 4 is 11.9 Å². The lowest BCUT2D eigenvalue weighted by atomic mass is 10.1. The number of nitrogens with zero attached hydrogens (tertiary/aromatic N) is 3. The van der Waals surface area contributed by atoms with Gasteiger partial charge in [0.25, 0.3) is 5.91 Å². The van der Waals surface area contributed by atoms with Gasteiger partial charge in [0.2, 0.25) is 0 Å². The van der Waals surface area contributed by atoms with Crippen LogP contribution in [0.1, 0.15) is 27.0 Å². The first-order valence-corrected chi connectivity index (χ1v) is 10.1. The summed E-state index contributed by atoms with van der Waals surface area (Å²) >= 11 is 0. The maximum atomic E-state index is 13.6. The number of nitrogens with one attached hydrogen (secondary N) is 3. The van der Waals surface area contributed by atoms with Gasteiger partial charge in [0.1, 0.15) is 5.82 Å². The van der Waals surface area contributed by atoms with E-state index < -0.39 is 0 Å². The smallest absolute Gasteiger partial charge is 0.251 e. The van der Waals surface area contributed by atoms with Gasteiger partial charge in [0, 0.05) is 44.6 Å². The predicted molar refractivity (Wildman–Crippen MR) is 119 cm³/mol. The molecule has 0 aliphatic rings. The third-order valence-electron chi connectivity index (χ3n) is 4.82. The fourth-order valence-corrected chi connectivity index (χ4v) is 3.05. The van der Waals surface area contributed by atoms with Gasteiger partial charge in [0.15, 0.2) is 5.96 Å². The Kier molecular flexibility index (Phi) is 7.75. The van der Waals surface area contributed by atoms with E-state index in [-0.39, 0.29) is 11.7 Å².